The molecule has 5 nitrogen and oxygen atoms in total. The van der Waals surface area contributed by atoms with Crippen LogP contribution in [0.5, 0.6) is 0 Å². The van der Waals surface area contributed by atoms with Gasteiger partial charge in [0, 0.05) is 18.8 Å². The van der Waals surface area contributed by atoms with Gasteiger partial charge in [-0.15, -0.1) is 0 Å². The largest absolute Gasteiger partial charge is 0.478 e. The molecule has 0 aliphatic carbocycles. The predicted molar refractivity (Wildman–Crippen MR) is 65.9 cm³/mol. The van der Waals surface area contributed by atoms with E-state index in [1.165, 1.54) is 12.1 Å². The van der Waals surface area contributed by atoms with Crippen LogP contribution in [0.2, 0.25) is 0 Å². The summed E-state index contributed by atoms with van der Waals surface area (Å²) in [5.41, 5.74) is -0.684. The lowest BCUT2D eigenvalue weighted by molar-refractivity contribution is -0.176. The molecule has 18 heavy (non-hydrogen) atoms. The van der Waals surface area contributed by atoms with E-state index in [1.54, 1.807) is 26.0 Å². The van der Waals surface area contributed by atoms with Gasteiger partial charge in [0.25, 0.3) is 5.53 Å². The van der Waals surface area contributed by atoms with Crippen LogP contribution in [0.25, 0.3) is 0 Å². The SMILES string of the molecule is CCOC(OCC)(P=O)c1ccc(C(=O)O)cc1. The second kappa shape index (κ2) is 6.59. The number of aromatic carboxylic acids is 1. The maximum Gasteiger partial charge on any atom is 0.335 e. The van der Waals surface area contributed by atoms with Crippen LogP contribution in [0.1, 0.15) is 29.8 Å². The standard InChI is InChI=1S/C12H15O5P/c1-3-16-12(18-15,17-4-2)10-7-5-9(6-8-10)11(13)14/h5-8H,3-4H2,1-2H3,(H,13,14). The van der Waals surface area contributed by atoms with Gasteiger partial charge in [-0.2, -0.15) is 0 Å². The lowest BCUT2D eigenvalue weighted by Crippen LogP contribution is -2.27. The molecule has 0 saturated carbocycles. The smallest absolute Gasteiger partial charge is 0.335 e. The summed E-state index contributed by atoms with van der Waals surface area (Å²) in [7, 11) is -0.324. The molecule has 98 valence electrons. The van der Waals surface area contributed by atoms with Gasteiger partial charge in [0.05, 0.1) is 5.56 Å². The minimum Gasteiger partial charge on any atom is -0.478 e. The summed E-state index contributed by atoms with van der Waals surface area (Å²) < 4.78 is 22.2. The first-order chi connectivity index (χ1) is 8.59. The van der Waals surface area contributed by atoms with E-state index in [9.17, 15) is 9.36 Å². The quantitative estimate of drug-likeness (QED) is 0.609. The molecule has 1 N–H and O–H groups in total. The fraction of sp³-hybridized carbons (Fsp3) is 0.417. The van der Waals surface area contributed by atoms with Crippen LogP contribution in [0.15, 0.2) is 24.3 Å². The molecule has 0 spiro atoms. The Bertz CT molecular complexity index is 409. The van der Waals surface area contributed by atoms with Gasteiger partial charge in [-0.1, -0.05) is 12.1 Å². The van der Waals surface area contributed by atoms with Gasteiger partial charge >= 0.3 is 5.97 Å². The highest BCUT2D eigenvalue weighted by atomic mass is 31.1. The first-order valence-corrected chi connectivity index (χ1v) is 6.37. The summed E-state index contributed by atoms with van der Waals surface area (Å²) >= 11 is 0. The van der Waals surface area contributed by atoms with E-state index in [0.717, 1.165) is 0 Å². The first kappa shape index (κ1) is 14.8. The zero-order valence-corrected chi connectivity index (χ0v) is 11.1. The van der Waals surface area contributed by atoms with E-state index in [0.29, 0.717) is 18.8 Å². The number of carbonyl (C=O) groups is 1. The van der Waals surface area contributed by atoms with Crippen molar-refractivity contribution in [3.05, 3.63) is 35.4 Å². The van der Waals surface area contributed by atoms with Gasteiger partial charge in [0.15, 0.2) is 0 Å². The minimum absolute atomic E-state index is 0.156. The average Bonchev–Trinajstić information content (AvgIpc) is 2.38. The number of hydrogen-bond donors (Lipinski definition) is 1. The fourth-order valence-electron chi connectivity index (χ4n) is 1.53. The topological polar surface area (TPSA) is 72.8 Å². The van der Waals surface area contributed by atoms with Crippen LogP contribution in [-0.4, -0.2) is 24.3 Å². The third-order valence-electron chi connectivity index (χ3n) is 2.30. The van der Waals surface area contributed by atoms with E-state index < -0.39 is 11.5 Å². The Kier molecular flexibility index (Phi) is 5.41. The van der Waals surface area contributed by atoms with Crippen LogP contribution < -0.4 is 0 Å². The molecule has 0 aromatic heterocycles. The van der Waals surface area contributed by atoms with Crippen molar-refractivity contribution in [1.29, 1.82) is 0 Å². The van der Waals surface area contributed by atoms with Crippen molar-refractivity contribution in [1.82, 2.24) is 0 Å². The Labute approximate surface area is 107 Å². The highest BCUT2D eigenvalue weighted by Crippen LogP contribution is 2.38. The average molecular weight is 270 g/mol. The van der Waals surface area contributed by atoms with Crippen LogP contribution in [-0.2, 0) is 19.6 Å². The van der Waals surface area contributed by atoms with E-state index >= 15 is 0 Å². The lowest BCUT2D eigenvalue weighted by Gasteiger charge is -2.26. The molecule has 0 heterocycles. The van der Waals surface area contributed by atoms with Gasteiger partial charge in [0.2, 0.25) is 8.46 Å². The Morgan fingerprint density at radius 1 is 1.22 bits per heavy atom. The number of ether oxygens (including phenoxy) is 2. The maximum atomic E-state index is 11.4. The highest BCUT2D eigenvalue weighted by molar-refractivity contribution is 7.24. The zero-order valence-electron chi connectivity index (χ0n) is 10.3. The summed E-state index contributed by atoms with van der Waals surface area (Å²) in [6.45, 7) is 4.20. The molecule has 0 fully saturated rings. The highest BCUT2D eigenvalue weighted by Gasteiger charge is 2.35. The minimum atomic E-state index is -1.36. The molecule has 0 aliphatic heterocycles. The Balaban J connectivity index is 3.12. The van der Waals surface area contributed by atoms with E-state index in [-0.39, 0.29) is 14.0 Å². The molecule has 1 aromatic carbocycles. The first-order valence-electron chi connectivity index (χ1n) is 5.56. The molecule has 0 aliphatic rings. The van der Waals surface area contributed by atoms with Gasteiger partial charge in [-0.3, -0.25) is 4.57 Å². The number of carboxylic acid groups (broad SMARTS) is 1. The van der Waals surface area contributed by atoms with Gasteiger partial charge in [0.1, 0.15) is 0 Å². The number of carboxylic acids is 1. The fourth-order valence-corrected chi connectivity index (χ4v) is 2.15. The Hall–Kier alpha value is -1.29. The molecule has 0 atom stereocenters. The Morgan fingerprint density at radius 3 is 2.06 bits per heavy atom. The van der Waals surface area contributed by atoms with Crippen LogP contribution in [0.4, 0.5) is 0 Å². The Morgan fingerprint density at radius 2 is 1.72 bits per heavy atom. The monoisotopic (exact) mass is 270 g/mol. The molecule has 1 rings (SSSR count). The number of benzene rings is 1. The zero-order chi connectivity index (χ0) is 13.6. The van der Waals surface area contributed by atoms with Crippen molar-refractivity contribution in [2.75, 3.05) is 13.2 Å². The molecule has 0 radical (unpaired) electrons. The molecule has 0 amide bonds. The molecule has 0 bridgehead atoms. The second-order valence-corrected chi connectivity index (χ2v) is 4.19. The third kappa shape index (κ3) is 3.13. The second-order valence-electron chi connectivity index (χ2n) is 3.42. The van der Waals surface area contributed by atoms with Gasteiger partial charge in [-0.25, -0.2) is 4.79 Å². The van der Waals surface area contributed by atoms with Crippen molar-refractivity contribution in [2.24, 2.45) is 0 Å². The lowest BCUT2D eigenvalue weighted by atomic mass is 10.1. The summed E-state index contributed by atoms with van der Waals surface area (Å²) in [4.78, 5) is 10.8. The summed E-state index contributed by atoms with van der Waals surface area (Å²) in [6.07, 6.45) is 0. The molecule has 6 heteroatoms. The van der Waals surface area contributed by atoms with Crippen LogP contribution >= 0.6 is 8.46 Å². The van der Waals surface area contributed by atoms with Crippen molar-refractivity contribution < 1.29 is 23.9 Å². The van der Waals surface area contributed by atoms with E-state index in [1.807, 2.05) is 0 Å². The molecule has 0 saturated heterocycles. The molecular weight excluding hydrogens is 255 g/mol. The number of hydrogen-bond acceptors (Lipinski definition) is 4. The van der Waals surface area contributed by atoms with Gasteiger partial charge < -0.3 is 14.6 Å². The normalized spacial score (nSPS) is 11.7. The van der Waals surface area contributed by atoms with Crippen molar-refractivity contribution >= 4 is 14.4 Å². The molecule has 1 aromatic rings. The summed E-state index contributed by atoms with van der Waals surface area (Å²) in [5, 5.41) is 8.82. The summed E-state index contributed by atoms with van der Waals surface area (Å²) in [6, 6.07) is 5.94. The number of rotatable bonds is 7. The van der Waals surface area contributed by atoms with E-state index in [4.69, 9.17) is 14.6 Å². The third-order valence-corrected chi connectivity index (χ3v) is 3.05. The van der Waals surface area contributed by atoms with Crippen molar-refractivity contribution in [2.45, 2.75) is 19.4 Å². The van der Waals surface area contributed by atoms with Crippen molar-refractivity contribution in [3.8, 4) is 0 Å². The molecule has 0 unspecified atom stereocenters. The van der Waals surface area contributed by atoms with E-state index in [2.05, 4.69) is 0 Å². The predicted octanol–water partition coefficient (Wildman–Crippen LogP) is 2.86. The van der Waals surface area contributed by atoms with Crippen LogP contribution in [0.3, 0.4) is 0 Å². The maximum absolute atomic E-state index is 11.4. The van der Waals surface area contributed by atoms with Gasteiger partial charge in [-0.05, 0) is 26.0 Å². The molecular formula is C12H15O5P. The summed E-state index contributed by atoms with van der Waals surface area (Å²) in [5.74, 6) is -1.01. The van der Waals surface area contributed by atoms with Crippen molar-refractivity contribution in [3.63, 3.8) is 0 Å². The van der Waals surface area contributed by atoms with Crippen LogP contribution in [0, 0.1) is 0 Å².